The molecule has 2 N–H and O–H groups in total. The monoisotopic (exact) mass is 296 g/mol. The zero-order valence-electron chi connectivity index (χ0n) is 10.5. The van der Waals surface area contributed by atoms with E-state index in [2.05, 4.69) is 27.5 Å². The van der Waals surface area contributed by atoms with Crippen LogP contribution in [0, 0.1) is 0 Å². The highest BCUT2D eigenvalue weighted by atomic mass is 35.5. The van der Waals surface area contributed by atoms with Gasteiger partial charge in [0, 0.05) is 17.6 Å². The van der Waals surface area contributed by atoms with E-state index in [1.54, 1.807) is 12.1 Å². The summed E-state index contributed by atoms with van der Waals surface area (Å²) < 4.78 is 0. The second-order valence-electron chi connectivity index (χ2n) is 3.96. The third-order valence-electron chi connectivity index (χ3n) is 2.42. The van der Waals surface area contributed by atoms with Crippen LogP contribution in [0.1, 0.15) is 13.3 Å². The van der Waals surface area contributed by atoms with Crippen molar-refractivity contribution in [2.24, 2.45) is 0 Å². The fourth-order valence-electron chi connectivity index (χ4n) is 1.50. The second-order valence-corrected chi connectivity index (χ2v) is 4.81. The number of aromatic nitrogens is 2. The summed E-state index contributed by atoms with van der Waals surface area (Å²) in [5, 5.41) is 7.48. The molecule has 100 valence electrons. The van der Waals surface area contributed by atoms with Gasteiger partial charge in [-0.05, 0) is 24.6 Å². The van der Waals surface area contributed by atoms with Gasteiger partial charge >= 0.3 is 0 Å². The normalized spacial score (nSPS) is 10.3. The summed E-state index contributed by atoms with van der Waals surface area (Å²) in [6.07, 6.45) is 2.54. The van der Waals surface area contributed by atoms with Crippen molar-refractivity contribution in [3.8, 4) is 0 Å². The maximum atomic E-state index is 6.10. The van der Waals surface area contributed by atoms with Gasteiger partial charge in [-0.2, -0.15) is 0 Å². The van der Waals surface area contributed by atoms with Crippen LogP contribution in [-0.2, 0) is 0 Å². The van der Waals surface area contributed by atoms with Crippen molar-refractivity contribution in [2.45, 2.75) is 13.3 Å². The summed E-state index contributed by atoms with van der Waals surface area (Å²) in [5.41, 5.74) is 0.756. The minimum Gasteiger partial charge on any atom is -0.370 e. The second kappa shape index (κ2) is 6.59. The van der Waals surface area contributed by atoms with E-state index in [1.807, 2.05) is 12.1 Å². The minimum atomic E-state index is 0.550. The van der Waals surface area contributed by atoms with Gasteiger partial charge in [-0.1, -0.05) is 30.1 Å². The van der Waals surface area contributed by atoms with E-state index in [1.165, 1.54) is 6.33 Å². The average molecular weight is 297 g/mol. The van der Waals surface area contributed by atoms with Crippen LogP contribution >= 0.6 is 23.2 Å². The summed E-state index contributed by atoms with van der Waals surface area (Å²) in [6, 6.07) is 7.10. The Labute approximate surface area is 122 Å². The lowest BCUT2D eigenvalue weighted by Crippen LogP contribution is -2.03. The number of nitrogens with one attached hydrogen (secondary N) is 2. The van der Waals surface area contributed by atoms with Gasteiger partial charge in [0.25, 0.3) is 0 Å². The maximum absolute atomic E-state index is 6.10. The van der Waals surface area contributed by atoms with Crippen molar-refractivity contribution in [1.29, 1.82) is 0 Å². The van der Waals surface area contributed by atoms with Crippen LogP contribution in [0.2, 0.25) is 10.0 Å². The molecule has 0 unspecified atom stereocenters. The molecule has 0 radical (unpaired) electrons. The van der Waals surface area contributed by atoms with Gasteiger partial charge in [0.1, 0.15) is 18.0 Å². The number of rotatable bonds is 5. The average Bonchev–Trinajstić information content (AvgIpc) is 2.40. The van der Waals surface area contributed by atoms with Crippen molar-refractivity contribution in [1.82, 2.24) is 9.97 Å². The largest absolute Gasteiger partial charge is 0.370 e. The van der Waals surface area contributed by atoms with Crippen LogP contribution in [0.25, 0.3) is 0 Å². The van der Waals surface area contributed by atoms with Gasteiger partial charge in [0.05, 0.1) is 10.7 Å². The maximum Gasteiger partial charge on any atom is 0.135 e. The summed E-state index contributed by atoms with van der Waals surface area (Å²) in [4.78, 5) is 8.29. The first-order chi connectivity index (χ1) is 9.19. The van der Waals surface area contributed by atoms with E-state index < -0.39 is 0 Å². The van der Waals surface area contributed by atoms with E-state index in [9.17, 15) is 0 Å². The summed E-state index contributed by atoms with van der Waals surface area (Å²) in [5.74, 6) is 1.46. The lowest BCUT2D eigenvalue weighted by atomic mass is 10.3. The Kier molecular flexibility index (Phi) is 4.82. The highest BCUT2D eigenvalue weighted by Crippen LogP contribution is 2.27. The number of hydrogen-bond donors (Lipinski definition) is 2. The molecule has 0 bridgehead atoms. The number of hydrogen-bond acceptors (Lipinski definition) is 4. The van der Waals surface area contributed by atoms with E-state index in [-0.39, 0.29) is 0 Å². The Morgan fingerprint density at radius 2 is 1.89 bits per heavy atom. The molecule has 2 aromatic rings. The molecule has 0 aliphatic carbocycles. The lowest BCUT2D eigenvalue weighted by Gasteiger charge is -2.09. The quantitative estimate of drug-likeness (QED) is 0.861. The molecule has 2 rings (SSSR count). The molecule has 4 nitrogen and oxygen atoms in total. The number of halogens is 2. The molecule has 1 aromatic heterocycles. The Bertz CT molecular complexity index is 560. The highest BCUT2D eigenvalue weighted by molar-refractivity contribution is 6.36. The van der Waals surface area contributed by atoms with Crippen molar-refractivity contribution in [2.75, 3.05) is 17.2 Å². The van der Waals surface area contributed by atoms with Crippen LogP contribution in [0.15, 0.2) is 30.6 Å². The predicted molar refractivity (Wildman–Crippen MR) is 80.6 cm³/mol. The molecule has 0 amide bonds. The zero-order chi connectivity index (χ0) is 13.7. The standard InChI is InChI=1S/C13H14Cl2N4/c1-2-5-16-12-7-13(18-8-17-12)19-11-4-3-9(14)6-10(11)15/h3-4,6-8H,2,5H2,1H3,(H2,16,17,18,19). The fraction of sp³-hybridized carbons (Fsp3) is 0.231. The molecule has 0 spiro atoms. The SMILES string of the molecule is CCCNc1cc(Nc2ccc(Cl)cc2Cl)ncn1. The first-order valence-corrected chi connectivity index (χ1v) is 6.72. The van der Waals surface area contributed by atoms with Crippen molar-refractivity contribution in [3.05, 3.63) is 40.6 Å². The third-order valence-corrected chi connectivity index (χ3v) is 2.96. The van der Waals surface area contributed by atoms with Gasteiger partial charge in [-0.15, -0.1) is 0 Å². The van der Waals surface area contributed by atoms with Crippen LogP contribution in [0.5, 0.6) is 0 Å². The van der Waals surface area contributed by atoms with E-state index in [0.29, 0.717) is 15.9 Å². The molecule has 0 aliphatic heterocycles. The van der Waals surface area contributed by atoms with E-state index in [4.69, 9.17) is 23.2 Å². The first-order valence-electron chi connectivity index (χ1n) is 5.97. The van der Waals surface area contributed by atoms with E-state index in [0.717, 1.165) is 24.5 Å². The van der Waals surface area contributed by atoms with Gasteiger partial charge in [0.2, 0.25) is 0 Å². The first kappa shape index (κ1) is 13.9. The molecule has 6 heteroatoms. The van der Waals surface area contributed by atoms with Gasteiger partial charge in [0.15, 0.2) is 0 Å². The molecular formula is C13H14Cl2N4. The van der Waals surface area contributed by atoms with Crippen LogP contribution in [-0.4, -0.2) is 16.5 Å². The number of anilines is 3. The third kappa shape index (κ3) is 3.98. The van der Waals surface area contributed by atoms with Crippen LogP contribution in [0.3, 0.4) is 0 Å². The highest BCUT2D eigenvalue weighted by Gasteiger charge is 2.03. The zero-order valence-corrected chi connectivity index (χ0v) is 12.0. The van der Waals surface area contributed by atoms with Gasteiger partial charge < -0.3 is 10.6 Å². The Morgan fingerprint density at radius 1 is 1.11 bits per heavy atom. The predicted octanol–water partition coefficient (Wildman–Crippen LogP) is 4.35. The molecular weight excluding hydrogens is 283 g/mol. The van der Waals surface area contributed by atoms with E-state index >= 15 is 0 Å². The summed E-state index contributed by atoms with van der Waals surface area (Å²) in [7, 11) is 0. The minimum absolute atomic E-state index is 0.550. The molecule has 0 fully saturated rings. The van der Waals surface area contributed by atoms with Gasteiger partial charge in [-0.25, -0.2) is 9.97 Å². The van der Waals surface area contributed by atoms with Crippen molar-refractivity contribution < 1.29 is 0 Å². The van der Waals surface area contributed by atoms with Crippen LogP contribution < -0.4 is 10.6 Å². The molecule has 0 aliphatic rings. The number of nitrogens with zero attached hydrogens (tertiary/aromatic N) is 2. The van der Waals surface area contributed by atoms with Crippen molar-refractivity contribution in [3.63, 3.8) is 0 Å². The molecule has 19 heavy (non-hydrogen) atoms. The van der Waals surface area contributed by atoms with Crippen LogP contribution in [0.4, 0.5) is 17.3 Å². The topological polar surface area (TPSA) is 49.8 Å². The molecule has 0 atom stereocenters. The summed E-state index contributed by atoms with van der Waals surface area (Å²) in [6.45, 7) is 2.97. The smallest absolute Gasteiger partial charge is 0.135 e. The molecule has 0 saturated heterocycles. The fourth-order valence-corrected chi connectivity index (χ4v) is 1.96. The Morgan fingerprint density at radius 3 is 2.63 bits per heavy atom. The Balaban J connectivity index is 2.14. The van der Waals surface area contributed by atoms with Gasteiger partial charge in [-0.3, -0.25) is 0 Å². The molecule has 1 heterocycles. The van der Waals surface area contributed by atoms with Crippen molar-refractivity contribution >= 4 is 40.5 Å². The number of benzene rings is 1. The Hall–Kier alpha value is -1.52. The summed E-state index contributed by atoms with van der Waals surface area (Å²) >= 11 is 12.0. The lowest BCUT2D eigenvalue weighted by molar-refractivity contribution is 0.965. The molecule has 0 saturated carbocycles. The molecule has 1 aromatic carbocycles.